The number of halogens is 3. The second kappa shape index (κ2) is 7.34. The quantitative estimate of drug-likeness (QED) is 0.774. The number of carbonyl (C=O) groups is 1. The SMILES string of the molecule is CN(C)NC(=O)c1cccc(S(=O)(=O)Nc2cccc(C(F)(F)F)c2)c1. The molecular formula is C16H16F3N3O3S. The van der Waals surface area contributed by atoms with Crippen LogP contribution in [-0.2, 0) is 16.2 Å². The van der Waals surface area contributed by atoms with Crippen molar-refractivity contribution in [2.75, 3.05) is 18.8 Å². The van der Waals surface area contributed by atoms with E-state index >= 15 is 0 Å². The monoisotopic (exact) mass is 387 g/mol. The van der Waals surface area contributed by atoms with Crippen LogP contribution in [0.2, 0.25) is 0 Å². The summed E-state index contributed by atoms with van der Waals surface area (Å²) in [4.78, 5) is 11.7. The van der Waals surface area contributed by atoms with Gasteiger partial charge in [-0.15, -0.1) is 0 Å². The lowest BCUT2D eigenvalue weighted by Crippen LogP contribution is -2.36. The van der Waals surface area contributed by atoms with Gasteiger partial charge in [0.25, 0.3) is 15.9 Å². The number of carbonyl (C=O) groups excluding carboxylic acids is 1. The second-order valence-electron chi connectivity index (χ2n) is 5.55. The zero-order valence-corrected chi connectivity index (χ0v) is 14.6. The largest absolute Gasteiger partial charge is 0.416 e. The summed E-state index contributed by atoms with van der Waals surface area (Å²) >= 11 is 0. The molecule has 0 unspecified atom stereocenters. The van der Waals surface area contributed by atoms with E-state index in [1.54, 1.807) is 14.1 Å². The number of alkyl halides is 3. The summed E-state index contributed by atoms with van der Waals surface area (Å²) in [5.74, 6) is -0.522. The van der Waals surface area contributed by atoms with Crippen LogP contribution < -0.4 is 10.1 Å². The molecule has 0 saturated carbocycles. The van der Waals surface area contributed by atoms with Crippen LogP contribution in [0.5, 0.6) is 0 Å². The molecule has 2 rings (SSSR count). The van der Waals surface area contributed by atoms with Crippen LogP contribution in [0.4, 0.5) is 18.9 Å². The Kier molecular flexibility index (Phi) is 5.57. The van der Waals surface area contributed by atoms with Crippen molar-refractivity contribution >= 4 is 21.6 Å². The van der Waals surface area contributed by atoms with E-state index in [1.807, 2.05) is 0 Å². The summed E-state index contributed by atoms with van der Waals surface area (Å²) in [5, 5.41) is 1.39. The van der Waals surface area contributed by atoms with Gasteiger partial charge in [-0.05, 0) is 36.4 Å². The summed E-state index contributed by atoms with van der Waals surface area (Å²) in [5.41, 5.74) is 1.35. The molecule has 2 aromatic rings. The maximum absolute atomic E-state index is 12.7. The van der Waals surface area contributed by atoms with Crippen LogP contribution >= 0.6 is 0 Å². The van der Waals surface area contributed by atoms with Crippen molar-refractivity contribution in [1.29, 1.82) is 0 Å². The molecule has 0 heterocycles. The molecule has 0 aromatic heterocycles. The molecule has 2 N–H and O–H groups in total. The highest BCUT2D eigenvalue weighted by Crippen LogP contribution is 2.31. The lowest BCUT2D eigenvalue weighted by atomic mass is 10.2. The number of anilines is 1. The third-order valence-corrected chi connectivity index (χ3v) is 4.55. The number of nitrogens with zero attached hydrogens (tertiary/aromatic N) is 1. The van der Waals surface area contributed by atoms with E-state index in [-0.39, 0.29) is 16.1 Å². The molecule has 10 heteroatoms. The summed E-state index contributed by atoms with van der Waals surface area (Å²) < 4.78 is 65.2. The van der Waals surface area contributed by atoms with Gasteiger partial charge in [-0.2, -0.15) is 13.2 Å². The zero-order chi connectivity index (χ0) is 19.5. The number of nitrogens with one attached hydrogen (secondary N) is 2. The van der Waals surface area contributed by atoms with Crippen LogP contribution in [-0.4, -0.2) is 33.4 Å². The Morgan fingerprint density at radius 1 is 1.04 bits per heavy atom. The number of hydrogen-bond donors (Lipinski definition) is 2. The number of benzene rings is 2. The molecule has 0 spiro atoms. The fourth-order valence-corrected chi connectivity index (χ4v) is 3.14. The maximum Gasteiger partial charge on any atom is 0.416 e. The molecular weight excluding hydrogens is 371 g/mol. The molecule has 0 aliphatic heterocycles. The lowest BCUT2D eigenvalue weighted by molar-refractivity contribution is -0.137. The van der Waals surface area contributed by atoms with Gasteiger partial charge in [-0.3, -0.25) is 14.9 Å². The van der Waals surface area contributed by atoms with E-state index in [0.29, 0.717) is 6.07 Å². The molecule has 2 aromatic carbocycles. The first-order valence-electron chi connectivity index (χ1n) is 7.27. The maximum atomic E-state index is 12.7. The predicted octanol–water partition coefficient (Wildman–Crippen LogP) is 2.71. The molecule has 0 saturated heterocycles. The van der Waals surface area contributed by atoms with Crippen molar-refractivity contribution in [3.8, 4) is 0 Å². The number of rotatable bonds is 5. The summed E-state index contributed by atoms with van der Waals surface area (Å²) in [6.07, 6.45) is -4.59. The average molecular weight is 387 g/mol. The van der Waals surface area contributed by atoms with E-state index in [4.69, 9.17) is 0 Å². The standard InChI is InChI=1S/C16H16F3N3O3S/c1-22(2)20-15(23)11-5-3-8-14(9-11)26(24,25)21-13-7-4-6-12(10-13)16(17,18)19/h3-10,21H,1-2H3,(H,20,23). The highest BCUT2D eigenvalue weighted by molar-refractivity contribution is 7.92. The Balaban J connectivity index is 2.30. The summed E-state index contributed by atoms with van der Waals surface area (Å²) in [7, 11) is -0.989. The smallest absolute Gasteiger partial charge is 0.285 e. The van der Waals surface area contributed by atoms with Crippen molar-refractivity contribution in [3.05, 3.63) is 59.7 Å². The normalized spacial score (nSPS) is 12.1. The van der Waals surface area contributed by atoms with Crippen molar-refractivity contribution in [3.63, 3.8) is 0 Å². The molecule has 6 nitrogen and oxygen atoms in total. The highest BCUT2D eigenvalue weighted by atomic mass is 32.2. The summed E-state index contributed by atoms with van der Waals surface area (Å²) in [6, 6.07) is 8.99. The number of hydrogen-bond acceptors (Lipinski definition) is 4. The topological polar surface area (TPSA) is 78.5 Å². The van der Waals surface area contributed by atoms with Crippen molar-refractivity contribution < 1.29 is 26.4 Å². The molecule has 26 heavy (non-hydrogen) atoms. The second-order valence-corrected chi connectivity index (χ2v) is 7.23. The van der Waals surface area contributed by atoms with Crippen molar-refractivity contribution in [1.82, 2.24) is 10.4 Å². The molecule has 0 aliphatic rings. The molecule has 0 atom stereocenters. The first kappa shape index (κ1) is 19.7. The first-order valence-corrected chi connectivity index (χ1v) is 8.76. The van der Waals surface area contributed by atoms with Gasteiger partial charge in [0.2, 0.25) is 0 Å². The van der Waals surface area contributed by atoms with E-state index in [1.165, 1.54) is 29.3 Å². The number of sulfonamides is 1. The molecule has 140 valence electrons. The van der Waals surface area contributed by atoms with Crippen LogP contribution in [0.1, 0.15) is 15.9 Å². The molecule has 0 radical (unpaired) electrons. The Bertz CT molecular complexity index is 912. The Morgan fingerprint density at radius 2 is 1.69 bits per heavy atom. The van der Waals surface area contributed by atoms with Gasteiger partial charge in [0.15, 0.2) is 0 Å². The molecule has 0 aliphatic carbocycles. The van der Waals surface area contributed by atoms with Gasteiger partial charge in [0.05, 0.1) is 10.5 Å². The van der Waals surface area contributed by atoms with Gasteiger partial charge >= 0.3 is 6.18 Å². The molecule has 1 amide bonds. The Morgan fingerprint density at radius 3 is 2.31 bits per heavy atom. The summed E-state index contributed by atoms with van der Waals surface area (Å²) in [6.45, 7) is 0. The minimum Gasteiger partial charge on any atom is -0.285 e. The van der Waals surface area contributed by atoms with E-state index in [2.05, 4.69) is 10.1 Å². The van der Waals surface area contributed by atoms with Gasteiger partial charge < -0.3 is 0 Å². The average Bonchev–Trinajstić information content (AvgIpc) is 2.53. The number of hydrazine groups is 1. The molecule has 0 bridgehead atoms. The Hall–Kier alpha value is -2.59. The van der Waals surface area contributed by atoms with Crippen LogP contribution in [0.15, 0.2) is 53.4 Å². The van der Waals surface area contributed by atoms with Gasteiger partial charge in [-0.25, -0.2) is 13.4 Å². The predicted molar refractivity (Wildman–Crippen MR) is 89.8 cm³/mol. The van der Waals surface area contributed by atoms with E-state index in [9.17, 15) is 26.4 Å². The van der Waals surface area contributed by atoms with Crippen LogP contribution in [0, 0.1) is 0 Å². The first-order chi connectivity index (χ1) is 12.0. The van der Waals surface area contributed by atoms with Crippen LogP contribution in [0.3, 0.4) is 0 Å². The van der Waals surface area contributed by atoms with Gasteiger partial charge in [0.1, 0.15) is 0 Å². The third-order valence-electron chi connectivity index (χ3n) is 3.17. The van der Waals surface area contributed by atoms with Gasteiger partial charge in [-0.1, -0.05) is 12.1 Å². The fraction of sp³-hybridized carbons (Fsp3) is 0.188. The highest BCUT2D eigenvalue weighted by Gasteiger charge is 2.30. The third kappa shape index (κ3) is 4.96. The zero-order valence-electron chi connectivity index (χ0n) is 13.8. The van der Waals surface area contributed by atoms with Gasteiger partial charge in [0, 0.05) is 25.3 Å². The van der Waals surface area contributed by atoms with E-state index < -0.39 is 27.7 Å². The minimum atomic E-state index is -4.59. The van der Waals surface area contributed by atoms with E-state index in [0.717, 1.165) is 18.2 Å². The Labute approximate surface area is 148 Å². The number of amides is 1. The van der Waals surface area contributed by atoms with Crippen molar-refractivity contribution in [2.24, 2.45) is 0 Å². The minimum absolute atomic E-state index is 0.0885. The fourth-order valence-electron chi connectivity index (χ4n) is 2.05. The molecule has 0 fully saturated rings. The lowest BCUT2D eigenvalue weighted by Gasteiger charge is -2.13. The van der Waals surface area contributed by atoms with Crippen LogP contribution in [0.25, 0.3) is 0 Å². The van der Waals surface area contributed by atoms with Crippen molar-refractivity contribution in [2.45, 2.75) is 11.1 Å².